The molecular weight excluding hydrogens is 272 g/mol. The van der Waals surface area contributed by atoms with E-state index in [0.29, 0.717) is 31.1 Å². The Morgan fingerprint density at radius 1 is 1.33 bits per heavy atom. The van der Waals surface area contributed by atoms with E-state index < -0.39 is 0 Å². The fraction of sp³-hybridized carbons (Fsp3) is 0.538. The highest BCUT2D eigenvalue weighted by Crippen LogP contribution is 2.16. The predicted octanol–water partition coefficient (Wildman–Crippen LogP) is 1.05. The zero-order valence-electron chi connectivity index (χ0n) is 11.9. The summed E-state index contributed by atoms with van der Waals surface area (Å²) >= 11 is 0. The summed E-state index contributed by atoms with van der Waals surface area (Å²) in [6.45, 7) is 4.12. The summed E-state index contributed by atoms with van der Waals surface area (Å²) < 4.78 is 12.8. The molecule has 1 N–H and O–H groups in total. The van der Waals surface area contributed by atoms with Crippen molar-refractivity contribution in [2.45, 2.75) is 25.9 Å². The smallest absolute Gasteiger partial charge is 0.323 e. The van der Waals surface area contributed by atoms with E-state index in [1.54, 1.807) is 17.1 Å². The fourth-order valence-corrected chi connectivity index (χ4v) is 2.07. The number of hydrogen-bond acceptors (Lipinski definition) is 7. The third-order valence-corrected chi connectivity index (χ3v) is 3.09. The molecule has 1 aliphatic heterocycles. The second kappa shape index (κ2) is 6.49. The van der Waals surface area contributed by atoms with E-state index in [9.17, 15) is 0 Å². The maximum absolute atomic E-state index is 5.86. The molecule has 3 rings (SSSR count). The molecule has 0 bridgehead atoms. The molecule has 2 aromatic heterocycles. The molecule has 1 fully saturated rings. The molecule has 112 valence electrons. The Hall–Kier alpha value is -2.22. The van der Waals surface area contributed by atoms with Gasteiger partial charge in [0.15, 0.2) is 0 Å². The molecule has 1 saturated heterocycles. The van der Waals surface area contributed by atoms with Gasteiger partial charge in [0.2, 0.25) is 5.95 Å². The lowest BCUT2D eigenvalue weighted by Crippen LogP contribution is -2.27. The first kappa shape index (κ1) is 13.7. The molecule has 0 unspecified atom stereocenters. The van der Waals surface area contributed by atoms with Gasteiger partial charge in [-0.15, -0.1) is 0 Å². The molecule has 1 aliphatic rings. The Kier molecular flexibility index (Phi) is 4.25. The van der Waals surface area contributed by atoms with Crippen LogP contribution in [0.3, 0.4) is 0 Å². The van der Waals surface area contributed by atoms with Crippen LogP contribution < -0.4 is 10.1 Å². The van der Waals surface area contributed by atoms with Crippen LogP contribution in [0.4, 0.5) is 5.95 Å². The van der Waals surface area contributed by atoms with Crippen molar-refractivity contribution in [2.75, 3.05) is 25.1 Å². The number of aromatic nitrogens is 5. The maximum atomic E-state index is 5.86. The van der Waals surface area contributed by atoms with Gasteiger partial charge in [-0.05, 0) is 13.0 Å². The molecule has 21 heavy (non-hydrogen) atoms. The van der Waals surface area contributed by atoms with Crippen molar-refractivity contribution in [1.29, 1.82) is 0 Å². The van der Waals surface area contributed by atoms with Gasteiger partial charge in [-0.25, -0.2) is 4.68 Å². The van der Waals surface area contributed by atoms with Gasteiger partial charge in [0, 0.05) is 31.8 Å². The predicted molar refractivity (Wildman–Crippen MR) is 75.6 cm³/mol. The zero-order valence-corrected chi connectivity index (χ0v) is 11.9. The molecular formula is C13H18N6O2. The van der Waals surface area contributed by atoms with Crippen molar-refractivity contribution in [3.05, 3.63) is 18.5 Å². The molecule has 0 spiro atoms. The fourth-order valence-electron chi connectivity index (χ4n) is 2.07. The molecule has 0 amide bonds. The molecule has 3 heterocycles. The van der Waals surface area contributed by atoms with E-state index in [1.165, 1.54) is 0 Å². The van der Waals surface area contributed by atoms with E-state index in [4.69, 9.17) is 9.47 Å². The summed E-state index contributed by atoms with van der Waals surface area (Å²) in [5, 5.41) is 7.22. The number of ether oxygens (including phenoxy) is 2. The van der Waals surface area contributed by atoms with Crippen LogP contribution in [-0.4, -0.2) is 50.6 Å². The second-order valence-corrected chi connectivity index (χ2v) is 4.65. The minimum atomic E-state index is 0.0843. The van der Waals surface area contributed by atoms with Crippen LogP contribution in [0, 0.1) is 0 Å². The minimum Gasteiger partial charge on any atom is -0.460 e. The highest BCUT2D eigenvalue weighted by molar-refractivity contribution is 5.29. The van der Waals surface area contributed by atoms with Gasteiger partial charge in [-0.2, -0.15) is 20.1 Å². The van der Waals surface area contributed by atoms with Gasteiger partial charge in [0.25, 0.3) is 5.95 Å². The summed E-state index contributed by atoms with van der Waals surface area (Å²) in [4.78, 5) is 12.9. The molecule has 0 atom stereocenters. The van der Waals surface area contributed by atoms with Crippen LogP contribution in [0.5, 0.6) is 6.01 Å². The Bertz CT molecular complexity index is 568. The van der Waals surface area contributed by atoms with Crippen LogP contribution in [0.15, 0.2) is 18.5 Å². The molecule has 2 aromatic rings. The van der Waals surface area contributed by atoms with Crippen molar-refractivity contribution in [1.82, 2.24) is 24.7 Å². The van der Waals surface area contributed by atoms with Crippen molar-refractivity contribution >= 4 is 5.95 Å². The first-order valence-corrected chi connectivity index (χ1v) is 7.09. The molecule has 0 aromatic carbocycles. The van der Waals surface area contributed by atoms with Gasteiger partial charge < -0.3 is 14.8 Å². The second-order valence-electron chi connectivity index (χ2n) is 4.65. The van der Waals surface area contributed by atoms with E-state index in [2.05, 4.69) is 25.4 Å². The van der Waals surface area contributed by atoms with Crippen molar-refractivity contribution in [3.63, 3.8) is 0 Å². The van der Waals surface area contributed by atoms with Gasteiger partial charge in [-0.3, -0.25) is 0 Å². The Labute approximate surface area is 122 Å². The summed E-state index contributed by atoms with van der Waals surface area (Å²) in [5.74, 6) is 0.924. The number of anilines is 1. The van der Waals surface area contributed by atoms with Crippen LogP contribution in [0.25, 0.3) is 5.95 Å². The first-order valence-electron chi connectivity index (χ1n) is 7.09. The lowest BCUT2D eigenvalue weighted by molar-refractivity contribution is 0.0216. The number of hydrogen-bond donors (Lipinski definition) is 1. The third-order valence-electron chi connectivity index (χ3n) is 3.09. The van der Waals surface area contributed by atoms with E-state index in [1.807, 2.05) is 13.0 Å². The summed E-state index contributed by atoms with van der Waals surface area (Å²) in [7, 11) is 0. The summed E-state index contributed by atoms with van der Waals surface area (Å²) in [6, 6.07) is 2.13. The number of nitrogens with zero attached hydrogens (tertiary/aromatic N) is 5. The van der Waals surface area contributed by atoms with Gasteiger partial charge in [0.1, 0.15) is 6.10 Å². The molecule has 8 nitrogen and oxygen atoms in total. The Balaban J connectivity index is 1.84. The van der Waals surface area contributed by atoms with Gasteiger partial charge in [0.05, 0.1) is 13.2 Å². The standard InChI is InChI=1S/C13H18N6O2/c1-2-14-11-16-12(19-7-3-6-15-19)18-13(17-11)21-10-4-8-20-9-5-10/h3,6-7,10H,2,4-5,8-9H2,1H3,(H,14,16,17,18). The molecule has 0 radical (unpaired) electrons. The monoisotopic (exact) mass is 290 g/mol. The summed E-state index contributed by atoms with van der Waals surface area (Å²) in [5.41, 5.74) is 0. The molecule has 0 saturated carbocycles. The van der Waals surface area contributed by atoms with Crippen LogP contribution in [0.1, 0.15) is 19.8 Å². The van der Waals surface area contributed by atoms with Gasteiger partial charge >= 0.3 is 6.01 Å². The Morgan fingerprint density at radius 3 is 2.90 bits per heavy atom. The normalized spacial score (nSPS) is 15.9. The quantitative estimate of drug-likeness (QED) is 0.880. The average molecular weight is 290 g/mol. The third kappa shape index (κ3) is 3.46. The largest absolute Gasteiger partial charge is 0.460 e. The highest BCUT2D eigenvalue weighted by atomic mass is 16.5. The van der Waals surface area contributed by atoms with Crippen LogP contribution >= 0.6 is 0 Å². The van der Waals surface area contributed by atoms with E-state index in [0.717, 1.165) is 19.4 Å². The Morgan fingerprint density at radius 2 is 2.19 bits per heavy atom. The highest BCUT2D eigenvalue weighted by Gasteiger charge is 2.18. The van der Waals surface area contributed by atoms with Gasteiger partial charge in [-0.1, -0.05) is 0 Å². The zero-order chi connectivity index (χ0) is 14.5. The van der Waals surface area contributed by atoms with E-state index in [-0.39, 0.29) is 6.10 Å². The number of nitrogens with one attached hydrogen (secondary N) is 1. The topological polar surface area (TPSA) is 87.0 Å². The maximum Gasteiger partial charge on any atom is 0.323 e. The summed E-state index contributed by atoms with van der Waals surface area (Å²) in [6.07, 6.45) is 5.23. The SMILES string of the molecule is CCNc1nc(OC2CCOCC2)nc(-n2cccn2)n1. The van der Waals surface area contributed by atoms with Crippen molar-refractivity contribution in [2.24, 2.45) is 0 Å². The van der Waals surface area contributed by atoms with Crippen LogP contribution in [-0.2, 0) is 4.74 Å². The number of rotatable bonds is 5. The lowest BCUT2D eigenvalue weighted by atomic mass is 10.2. The van der Waals surface area contributed by atoms with Crippen LogP contribution in [0.2, 0.25) is 0 Å². The van der Waals surface area contributed by atoms with Crippen molar-refractivity contribution in [3.8, 4) is 12.0 Å². The average Bonchev–Trinajstić information content (AvgIpc) is 3.03. The molecule has 0 aliphatic carbocycles. The molecule has 8 heteroatoms. The lowest BCUT2D eigenvalue weighted by Gasteiger charge is -2.22. The van der Waals surface area contributed by atoms with E-state index >= 15 is 0 Å². The first-order chi connectivity index (χ1) is 10.3. The van der Waals surface area contributed by atoms with Crippen molar-refractivity contribution < 1.29 is 9.47 Å². The minimum absolute atomic E-state index is 0.0843.